The zero-order chi connectivity index (χ0) is 12.0. The Labute approximate surface area is 106 Å². The first-order valence-corrected chi connectivity index (χ1v) is 5.94. The maximum absolute atomic E-state index is 6.09. The summed E-state index contributed by atoms with van der Waals surface area (Å²) in [6.45, 7) is 3.69. The molecule has 88 valence electrons. The van der Waals surface area contributed by atoms with Crippen LogP contribution in [0.2, 0.25) is 10.0 Å². The van der Waals surface area contributed by atoms with E-state index in [0.717, 1.165) is 24.8 Å². The van der Waals surface area contributed by atoms with Crippen LogP contribution in [0.4, 0.5) is 0 Å². The van der Waals surface area contributed by atoms with E-state index < -0.39 is 0 Å². The number of nitrogens with two attached hydrogens (primary N) is 1. The van der Waals surface area contributed by atoms with Gasteiger partial charge in [-0.05, 0) is 37.0 Å². The highest BCUT2D eigenvalue weighted by atomic mass is 35.5. The van der Waals surface area contributed by atoms with E-state index in [1.807, 2.05) is 24.3 Å². The summed E-state index contributed by atoms with van der Waals surface area (Å²) in [5.74, 6) is 5.49. The highest BCUT2D eigenvalue weighted by Gasteiger charge is 2.12. The van der Waals surface area contributed by atoms with Gasteiger partial charge >= 0.3 is 0 Å². The van der Waals surface area contributed by atoms with Crippen LogP contribution in [0, 0.1) is 0 Å². The summed E-state index contributed by atoms with van der Waals surface area (Å²) in [5, 5.41) is 1.37. The van der Waals surface area contributed by atoms with E-state index in [1.54, 1.807) is 0 Å². The van der Waals surface area contributed by atoms with Crippen molar-refractivity contribution in [2.24, 2.45) is 5.84 Å². The fourth-order valence-corrected chi connectivity index (χ4v) is 2.09. The lowest BCUT2D eigenvalue weighted by Gasteiger charge is -2.16. The Bertz CT molecular complexity index is 333. The molecule has 0 heterocycles. The maximum Gasteiger partial charge on any atom is 0.0453 e. The minimum absolute atomic E-state index is 0.162. The van der Waals surface area contributed by atoms with E-state index in [4.69, 9.17) is 29.0 Å². The lowest BCUT2D eigenvalue weighted by Crippen LogP contribution is -2.36. The van der Waals surface area contributed by atoms with Crippen molar-refractivity contribution in [2.75, 3.05) is 0 Å². The van der Waals surface area contributed by atoms with Gasteiger partial charge in [-0.1, -0.05) is 35.3 Å². The molecule has 0 aliphatic carbocycles. The number of hydrogen-bond donors (Lipinski definition) is 2. The molecule has 4 heteroatoms. The summed E-state index contributed by atoms with van der Waals surface area (Å²) >= 11 is 12.2. The van der Waals surface area contributed by atoms with Gasteiger partial charge in [0.1, 0.15) is 0 Å². The summed E-state index contributed by atoms with van der Waals surface area (Å²) in [4.78, 5) is 0. The van der Waals surface area contributed by atoms with Gasteiger partial charge in [0.2, 0.25) is 0 Å². The summed E-state index contributed by atoms with van der Waals surface area (Å²) < 4.78 is 0. The summed E-state index contributed by atoms with van der Waals surface area (Å²) in [6, 6.07) is 5.67. The zero-order valence-electron chi connectivity index (χ0n) is 9.05. The first kappa shape index (κ1) is 13.5. The molecule has 1 aromatic rings. The number of benzene rings is 1. The van der Waals surface area contributed by atoms with Gasteiger partial charge in [-0.25, -0.2) is 0 Å². The fraction of sp³-hybridized carbons (Fsp3) is 0.333. The number of allylic oxidation sites excluding steroid dienone is 1. The highest BCUT2D eigenvalue weighted by molar-refractivity contribution is 6.35. The second kappa shape index (κ2) is 6.92. The number of halogens is 2. The van der Waals surface area contributed by atoms with Gasteiger partial charge in [0.15, 0.2) is 0 Å². The molecule has 2 nitrogen and oxygen atoms in total. The largest absolute Gasteiger partial charge is 0.271 e. The van der Waals surface area contributed by atoms with Crippen LogP contribution in [0.3, 0.4) is 0 Å². The van der Waals surface area contributed by atoms with E-state index in [9.17, 15) is 0 Å². The minimum atomic E-state index is 0.162. The number of rotatable bonds is 6. The van der Waals surface area contributed by atoms with E-state index in [0.29, 0.717) is 10.0 Å². The second-order valence-corrected chi connectivity index (χ2v) is 4.45. The minimum Gasteiger partial charge on any atom is -0.271 e. The van der Waals surface area contributed by atoms with Crippen molar-refractivity contribution < 1.29 is 0 Å². The first-order chi connectivity index (χ1) is 7.69. The molecule has 0 saturated carbocycles. The van der Waals surface area contributed by atoms with Crippen molar-refractivity contribution in [1.82, 2.24) is 5.43 Å². The SMILES string of the molecule is C=CCCC(Cc1c(Cl)cccc1Cl)NN. The van der Waals surface area contributed by atoms with Gasteiger partial charge < -0.3 is 0 Å². The Morgan fingerprint density at radius 1 is 1.38 bits per heavy atom. The van der Waals surface area contributed by atoms with E-state index >= 15 is 0 Å². The van der Waals surface area contributed by atoms with Crippen LogP contribution in [-0.2, 0) is 6.42 Å². The van der Waals surface area contributed by atoms with Crippen molar-refractivity contribution in [3.63, 3.8) is 0 Å². The van der Waals surface area contributed by atoms with Crippen LogP contribution >= 0.6 is 23.2 Å². The van der Waals surface area contributed by atoms with Crippen molar-refractivity contribution in [2.45, 2.75) is 25.3 Å². The topological polar surface area (TPSA) is 38.0 Å². The van der Waals surface area contributed by atoms with Gasteiger partial charge in [0, 0.05) is 16.1 Å². The number of nitrogens with one attached hydrogen (secondary N) is 1. The van der Waals surface area contributed by atoms with Crippen LogP contribution in [0.15, 0.2) is 30.9 Å². The maximum atomic E-state index is 6.09. The third kappa shape index (κ3) is 3.80. The van der Waals surface area contributed by atoms with Crippen LogP contribution < -0.4 is 11.3 Å². The van der Waals surface area contributed by atoms with Crippen LogP contribution in [0.25, 0.3) is 0 Å². The average molecular weight is 259 g/mol. The van der Waals surface area contributed by atoms with Crippen molar-refractivity contribution >= 4 is 23.2 Å². The van der Waals surface area contributed by atoms with E-state index in [-0.39, 0.29) is 6.04 Å². The van der Waals surface area contributed by atoms with E-state index in [1.165, 1.54) is 0 Å². The summed E-state index contributed by atoms with van der Waals surface area (Å²) in [7, 11) is 0. The highest BCUT2D eigenvalue weighted by Crippen LogP contribution is 2.26. The molecule has 0 spiro atoms. The molecule has 1 atom stereocenters. The Balaban J connectivity index is 2.73. The summed E-state index contributed by atoms with van der Waals surface area (Å²) in [5.41, 5.74) is 3.72. The lowest BCUT2D eigenvalue weighted by molar-refractivity contribution is 0.495. The van der Waals surface area contributed by atoms with E-state index in [2.05, 4.69) is 12.0 Å². The van der Waals surface area contributed by atoms with Gasteiger partial charge in [-0.2, -0.15) is 0 Å². The normalized spacial score (nSPS) is 12.4. The molecule has 1 unspecified atom stereocenters. The monoisotopic (exact) mass is 258 g/mol. The third-order valence-corrected chi connectivity index (χ3v) is 3.18. The molecule has 0 saturated heterocycles. The zero-order valence-corrected chi connectivity index (χ0v) is 10.6. The Kier molecular flexibility index (Phi) is 5.85. The predicted octanol–water partition coefficient (Wildman–Crippen LogP) is 3.33. The van der Waals surface area contributed by atoms with Crippen molar-refractivity contribution in [3.05, 3.63) is 46.5 Å². The molecule has 0 bridgehead atoms. The molecule has 16 heavy (non-hydrogen) atoms. The molecular formula is C12H16Cl2N2. The average Bonchev–Trinajstić information content (AvgIpc) is 2.28. The quantitative estimate of drug-likeness (QED) is 0.467. The molecule has 3 N–H and O–H groups in total. The Hall–Kier alpha value is -0.540. The molecule has 0 amide bonds. The molecule has 0 aliphatic rings. The number of hydrogen-bond acceptors (Lipinski definition) is 2. The molecule has 1 aromatic carbocycles. The molecule has 1 rings (SSSR count). The van der Waals surface area contributed by atoms with Gasteiger partial charge in [-0.3, -0.25) is 11.3 Å². The fourth-order valence-electron chi connectivity index (χ4n) is 1.54. The predicted molar refractivity (Wildman–Crippen MR) is 70.7 cm³/mol. The Morgan fingerprint density at radius 3 is 2.50 bits per heavy atom. The molecule has 0 aliphatic heterocycles. The van der Waals surface area contributed by atoms with Gasteiger partial charge in [0.25, 0.3) is 0 Å². The molecule has 0 radical (unpaired) electrons. The Morgan fingerprint density at radius 2 is 2.00 bits per heavy atom. The van der Waals surface area contributed by atoms with Gasteiger partial charge in [0.05, 0.1) is 0 Å². The van der Waals surface area contributed by atoms with Crippen LogP contribution in [0.1, 0.15) is 18.4 Å². The molecular weight excluding hydrogens is 243 g/mol. The first-order valence-electron chi connectivity index (χ1n) is 5.19. The summed E-state index contributed by atoms with van der Waals surface area (Å²) in [6.07, 6.45) is 4.43. The lowest BCUT2D eigenvalue weighted by atomic mass is 10.0. The van der Waals surface area contributed by atoms with Crippen molar-refractivity contribution in [1.29, 1.82) is 0 Å². The molecule has 0 aromatic heterocycles. The van der Waals surface area contributed by atoms with Crippen LogP contribution in [0.5, 0.6) is 0 Å². The van der Waals surface area contributed by atoms with Crippen LogP contribution in [-0.4, -0.2) is 6.04 Å². The second-order valence-electron chi connectivity index (χ2n) is 3.63. The molecule has 0 fully saturated rings. The van der Waals surface area contributed by atoms with Crippen molar-refractivity contribution in [3.8, 4) is 0 Å². The number of hydrazine groups is 1. The standard InChI is InChI=1S/C12H16Cl2N2/c1-2-3-5-9(16-15)8-10-11(13)6-4-7-12(10)14/h2,4,6-7,9,16H,1,3,5,8,15H2. The van der Waals surface area contributed by atoms with Gasteiger partial charge in [-0.15, -0.1) is 6.58 Å². The third-order valence-electron chi connectivity index (χ3n) is 2.47. The smallest absolute Gasteiger partial charge is 0.0453 e.